The number of para-hydroxylation sites is 1. The molecule has 22 heavy (non-hydrogen) atoms. The maximum Gasteiger partial charge on any atom is 0.234 e. The van der Waals surface area contributed by atoms with Crippen LogP contribution < -0.4 is 10.1 Å². The van der Waals surface area contributed by atoms with E-state index in [4.69, 9.17) is 4.74 Å². The molecule has 1 fully saturated rings. The lowest BCUT2D eigenvalue weighted by Gasteiger charge is -2.22. The standard InChI is InChI=1S/C18H28N2O2/c1-20(12-13-22-17-10-6-3-7-11-17)15-18(21)19-14-16-8-4-2-5-9-16/h3,6-7,10-11,16H,2,4-5,8-9,12-15H2,1H3,(H,19,21). The van der Waals surface area contributed by atoms with Crippen LogP contribution in [0.2, 0.25) is 0 Å². The average Bonchev–Trinajstić information content (AvgIpc) is 2.55. The molecule has 0 heterocycles. The number of amides is 1. The van der Waals surface area contributed by atoms with E-state index < -0.39 is 0 Å². The fourth-order valence-corrected chi connectivity index (χ4v) is 2.87. The van der Waals surface area contributed by atoms with Crippen molar-refractivity contribution in [3.8, 4) is 5.75 Å². The number of nitrogens with zero attached hydrogens (tertiary/aromatic N) is 1. The van der Waals surface area contributed by atoms with Crippen LogP contribution in [0.5, 0.6) is 5.75 Å². The molecule has 0 aliphatic heterocycles. The lowest BCUT2D eigenvalue weighted by atomic mass is 9.89. The number of hydrogen-bond donors (Lipinski definition) is 1. The molecule has 1 saturated carbocycles. The summed E-state index contributed by atoms with van der Waals surface area (Å²) < 4.78 is 5.64. The summed E-state index contributed by atoms with van der Waals surface area (Å²) in [5.74, 6) is 1.68. The summed E-state index contributed by atoms with van der Waals surface area (Å²) in [6.45, 7) is 2.61. The smallest absolute Gasteiger partial charge is 0.234 e. The van der Waals surface area contributed by atoms with Gasteiger partial charge in [-0.2, -0.15) is 0 Å². The van der Waals surface area contributed by atoms with Crippen LogP contribution in [0.1, 0.15) is 32.1 Å². The number of carbonyl (C=O) groups excluding carboxylic acids is 1. The van der Waals surface area contributed by atoms with E-state index in [9.17, 15) is 4.79 Å². The fourth-order valence-electron chi connectivity index (χ4n) is 2.87. The molecule has 0 aromatic heterocycles. The van der Waals surface area contributed by atoms with Crippen molar-refractivity contribution < 1.29 is 9.53 Å². The molecule has 0 atom stereocenters. The van der Waals surface area contributed by atoms with Crippen molar-refractivity contribution >= 4 is 5.91 Å². The minimum atomic E-state index is 0.118. The molecule has 0 radical (unpaired) electrons. The summed E-state index contributed by atoms with van der Waals surface area (Å²) >= 11 is 0. The van der Waals surface area contributed by atoms with Crippen LogP contribution in [0.4, 0.5) is 0 Å². The Balaban J connectivity index is 1.55. The zero-order chi connectivity index (χ0) is 15.6. The Hall–Kier alpha value is -1.55. The van der Waals surface area contributed by atoms with E-state index in [-0.39, 0.29) is 5.91 Å². The third-order valence-electron chi connectivity index (χ3n) is 4.21. The van der Waals surface area contributed by atoms with Crippen LogP contribution in [0.15, 0.2) is 30.3 Å². The lowest BCUT2D eigenvalue weighted by Crippen LogP contribution is -2.39. The maximum atomic E-state index is 11.9. The predicted octanol–water partition coefficient (Wildman–Crippen LogP) is 2.69. The van der Waals surface area contributed by atoms with E-state index in [1.807, 2.05) is 42.3 Å². The summed E-state index contributed by atoms with van der Waals surface area (Å²) in [4.78, 5) is 13.9. The Morgan fingerprint density at radius 3 is 2.68 bits per heavy atom. The Morgan fingerprint density at radius 2 is 1.95 bits per heavy atom. The number of likely N-dealkylation sites (N-methyl/N-ethyl adjacent to an activating group) is 1. The number of hydrogen-bond acceptors (Lipinski definition) is 3. The molecular weight excluding hydrogens is 276 g/mol. The molecule has 4 nitrogen and oxygen atoms in total. The SMILES string of the molecule is CN(CCOc1ccccc1)CC(=O)NCC1CCCCC1. The predicted molar refractivity (Wildman–Crippen MR) is 89.0 cm³/mol. The monoisotopic (exact) mass is 304 g/mol. The van der Waals surface area contributed by atoms with Crippen molar-refractivity contribution in [2.75, 3.05) is 33.3 Å². The first-order valence-corrected chi connectivity index (χ1v) is 8.37. The van der Waals surface area contributed by atoms with Crippen molar-refractivity contribution in [2.45, 2.75) is 32.1 Å². The van der Waals surface area contributed by atoms with Gasteiger partial charge in [-0.25, -0.2) is 0 Å². The Morgan fingerprint density at radius 1 is 1.23 bits per heavy atom. The molecule has 122 valence electrons. The average molecular weight is 304 g/mol. The maximum absolute atomic E-state index is 11.9. The number of nitrogens with one attached hydrogen (secondary N) is 1. The largest absolute Gasteiger partial charge is 0.492 e. The summed E-state index contributed by atoms with van der Waals surface area (Å²) in [6, 6.07) is 9.76. The summed E-state index contributed by atoms with van der Waals surface area (Å²) in [7, 11) is 1.95. The molecule has 1 N–H and O–H groups in total. The number of rotatable bonds is 8. The highest BCUT2D eigenvalue weighted by Crippen LogP contribution is 2.22. The molecule has 1 aliphatic rings. The molecule has 1 aliphatic carbocycles. The van der Waals surface area contributed by atoms with E-state index >= 15 is 0 Å². The van der Waals surface area contributed by atoms with Gasteiger partial charge < -0.3 is 10.1 Å². The van der Waals surface area contributed by atoms with Gasteiger partial charge >= 0.3 is 0 Å². The third kappa shape index (κ3) is 6.48. The Bertz CT molecular complexity index is 430. The lowest BCUT2D eigenvalue weighted by molar-refractivity contribution is -0.122. The molecule has 0 saturated heterocycles. The van der Waals surface area contributed by atoms with Gasteiger partial charge in [-0.05, 0) is 37.9 Å². The highest BCUT2D eigenvalue weighted by Gasteiger charge is 2.14. The molecule has 0 bridgehead atoms. The number of carbonyl (C=O) groups is 1. The molecule has 0 spiro atoms. The van der Waals surface area contributed by atoms with Crippen molar-refractivity contribution in [3.63, 3.8) is 0 Å². The van der Waals surface area contributed by atoms with Gasteiger partial charge in [0, 0.05) is 13.1 Å². The molecule has 1 aromatic rings. The molecular formula is C18H28N2O2. The van der Waals surface area contributed by atoms with Crippen LogP contribution in [-0.4, -0.2) is 44.1 Å². The third-order valence-corrected chi connectivity index (χ3v) is 4.21. The van der Waals surface area contributed by atoms with E-state index in [0.29, 0.717) is 19.1 Å². The second-order valence-corrected chi connectivity index (χ2v) is 6.21. The molecule has 2 rings (SSSR count). The molecule has 1 amide bonds. The second-order valence-electron chi connectivity index (χ2n) is 6.21. The van der Waals surface area contributed by atoms with E-state index in [1.54, 1.807) is 0 Å². The van der Waals surface area contributed by atoms with Gasteiger partial charge in [-0.15, -0.1) is 0 Å². The highest BCUT2D eigenvalue weighted by atomic mass is 16.5. The summed E-state index contributed by atoms with van der Waals surface area (Å²) in [5.41, 5.74) is 0. The Labute approximate surface area is 133 Å². The zero-order valence-electron chi connectivity index (χ0n) is 13.6. The van der Waals surface area contributed by atoms with Crippen molar-refractivity contribution in [3.05, 3.63) is 30.3 Å². The Kier molecular flexibility index (Phi) is 7.23. The number of benzene rings is 1. The first kappa shape index (κ1) is 16.8. The molecule has 0 unspecified atom stereocenters. The molecule has 1 aromatic carbocycles. The summed E-state index contributed by atoms with van der Waals surface area (Å²) in [6.07, 6.45) is 6.52. The quantitative estimate of drug-likeness (QED) is 0.803. The minimum absolute atomic E-state index is 0.118. The van der Waals surface area contributed by atoms with Gasteiger partial charge in [-0.3, -0.25) is 9.69 Å². The van der Waals surface area contributed by atoms with Gasteiger partial charge in [-0.1, -0.05) is 37.5 Å². The fraction of sp³-hybridized carbons (Fsp3) is 0.611. The van der Waals surface area contributed by atoms with Crippen LogP contribution >= 0.6 is 0 Å². The van der Waals surface area contributed by atoms with Gasteiger partial charge in [0.25, 0.3) is 0 Å². The molecule has 4 heteroatoms. The highest BCUT2D eigenvalue weighted by molar-refractivity contribution is 5.77. The number of ether oxygens (including phenoxy) is 1. The minimum Gasteiger partial charge on any atom is -0.492 e. The van der Waals surface area contributed by atoms with Crippen LogP contribution in [0.3, 0.4) is 0 Å². The first-order valence-electron chi connectivity index (χ1n) is 8.37. The zero-order valence-corrected chi connectivity index (χ0v) is 13.6. The normalized spacial score (nSPS) is 15.7. The van der Waals surface area contributed by atoms with Gasteiger partial charge in [0.1, 0.15) is 12.4 Å². The van der Waals surface area contributed by atoms with Crippen molar-refractivity contribution in [2.24, 2.45) is 5.92 Å². The first-order chi connectivity index (χ1) is 10.7. The van der Waals surface area contributed by atoms with Crippen LogP contribution in [-0.2, 0) is 4.79 Å². The second kappa shape index (κ2) is 9.46. The van der Waals surface area contributed by atoms with E-state index in [1.165, 1.54) is 32.1 Å². The van der Waals surface area contributed by atoms with Gasteiger partial charge in [0.05, 0.1) is 6.54 Å². The van der Waals surface area contributed by atoms with E-state index in [0.717, 1.165) is 18.8 Å². The van der Waals surface area contributed by atoms with Crippen LogP contribution in [0.25, 0.3) is 0 Å². The van der Waals surface area contributed by atoms with Gasteiger partial charge in [0.15, 0.2) is 0 Å². The van der Waals surface area contributed by atoms with Crippen molar-refractivity contribution in [1.82, 2.24) is 10.2 Å². The van der Waals surface area contributed by atoms with Crippen LogP contribution in [0, 0.1) is 5.92 Å². The summed E-state index contributed by atoms with van der Waals surface area (Å²) in [5, 5.41) is 3.07. The van der Waals surface area contributed by atoms with E-state index in [2.05, 4.69) is 5.32 Å². The van der Waals surface area contributed by atoms with Crippen molar-refractivity contribution in [1.29, 1.82) is 0 Å². The topological polar surface area (TPSA) is 41.6 Å². The van der Waals surface area contributed by atoms with Gasteiger partial charge in [0.2, 0.25) is 5.91 Å².